The second-order valence-corrected chi connectivity index (χ2v) is 3.92. The highest BCUT2D eigenvalue weighted by atomic mass is 16.5. The minimum absolute atomic E-state index is 0.0263. The molecule has 0 saturated carbocycles. The molecule has 0 aliphatic carbocycles. The summed E-state index contributed by atoms with van der Waals surface area (Å²) >= 11 is 0. The summed E-state index contributed by atoms with van der Waals surface area (Å²) < 4.78 is 5.37. The Kier molecular flexibility index (Phi) is 5.49. The lowest BCUT2D eigenvalue weighted by atomic mass is 10.2. The normalized spacial score (nSPS) is 10.4. The molecule has 0 fully saturated rings. The molecule has 17 heavy (non-hydrogen) atoms. The summed E-state index contributed by atoms with van der Waals surface area (Å²) in [5, 5.41) is 2.61. The smallest absolute Gasteiger partial charge is 0.233 e. The van der Waals surface area contributed by atoms with Gasteiger partial charge < -0.3 is 10.1 Å². The van der Waals surface area contributed by atoms with E-state index in [0.717, 1.165) is 12.3 Å². The lowest BCUT2D eigenvalue weighted by molar-refractivity contribution is -0.121. The molecular weight excluding hydrogens is 216 g/mol. The van der Waals surface area contributed by atoms with Crippen LogP contribution in [0.1, 0.15) is 12.5 Å². The number of likely N-dealkylation sites (N-methyl/N-ethyl adjacent to an activating group) is 2. The maximum atomic E-state index is 11.2. The number of amides is 1. The van der Waals surface area contributed by atoms with Crippen molar-refractivity contribution in [1.29, 1.82) is 0 Å². The van der Waals surface area contributed by atoms with Gasteiger partial charge in [-0.2, -0.15) is 0 Å². The van der Waals surface area contributed by atoms with Crippen LogP contribution in [0.15, 0.2) is 24.3 Å². The number of nitrogens with one attached hydrogen (secondary N) is 1. The van der Waals surface area contributed by atoms with Crippen LogP contribution in [0.3, 0.4) is 0 Å². The monoisotopic (exact) mass is 236 g/mol. The van der Waals surface area contributed by atoms with Crippen molar-refractivity contribution >= 4 is 5.91 Å². The quantitative estimate of drug-likeness (QED) is 0.808. The summed E-state index contributed by atoms with van der Waals surface area (Å²) in [6.07, 6.45) is 0. The summed E-state index contributed by atoms with van der Waals surface area (Å²) in [6, 6.07) is 7.94. The molecule has 1 N–H and O–H groups in total. The fraction of sp³-hybridized carbons (Fsp3) is 0.462. The highest BCUT2D eigenvalue weighted by Crippen LogP contribution is 2.13. The van der Waals surface area contributed by atoms with Crippen molar-refractivity contribution < 1.29 is 9.53 Å². The van der Waals surface area contributed by atoms with Crippen molar-refractivity contribution in [2.45, 2.75) is 13.5 Å². The van der Waals surface area contributed by atoms with Crippen LogP contribution in [0.2, 0.25) is 0 Å². The summed E-state index contributed by atoms with van der Waals surface area (Å²) in [7, 11) is 3.57. The van der Waals surface area contributed by atoms with Gasteiger partial charge >= 0.3 is 0 Å². The van der Waals surface area contributed by atoms with E-state index in [1.165, 1.54) is 5.56 Å². The van der Waals surface area contributed by atoms with E-state index in [9.17, 15) is 4.79 Å². The predicted octanol–water partition coefficient (Wildman–Crippen LogP) is 1.26. The van der Waals surface area contributed by atoms with Gasteiger partial charge in [0.2, 0.25) is 5.91 Å². The van der Waals surface area contributed by atoms with Gasteiger partial charge in [0.1, 0.15) is 5.75 Å². The van der Waals surface area contributed by atoms with Crippen molar-refractivity contribution in [3.63, 3.8) is 0 Å². The molecule has 0 heterocycles. The molecule has 0 atom stereocenters. The van der Waals surface area contributed by atoms with Crippen molar-refractivity contribution in [1.82, 2.24) is 10.2 Å². The average Bonchev–Trinajstić information content (AvgIpc) is 2.31. The highest BCUT2D eigenvalue weighted by molar-refractivity contribution is 5.77. The van der Waals surface area contributed by atoms with Gasteiger partial charge in [-0.1, -0.05) is 12.1 Å². The third-order valence-electron chi connectivity index (χ3n) is 2.38. The molecule has 0 unspecified atom stereocenters. The Bertz CT molecular complexity index is 349. The van der Waals surface area contributed by atoms with E-state index in [-0.39, 0.29) is 5.91 Å². The number of ether oxygens (including phenoxy) is 1. The van der Waals surface area contributed by atoms with Crippen molar-refractivity contribution in [3.8, 4) is 5.75 Å². The second kappa shape index (κ2) is 6.91. The molecule has 0 spiro atoms. The topological polar surface area (TPSA) is 41.6 Å². The molecule has 4 nitrogen and oxygen atoms in total. The Morgan fingerprint density at radius 3 is 2.53 bits per heavy atom. The fourth-order valence-electron chi connectivity index (χ4n) is 1.55. The van der Waals surface area contributed by atoms with Gasteiger partial charge in [-0.05, 0) is 31.7 Å². The lowest BCUT2D eigenvalue weighted by Crippen LogP contribution is -2.32. The molecule has 1 rings (SSSR count). The molecule has 0 aromatic heterocycles. The molecule has 1 aromatic rings. The van der Waals surface area contributed by atoms with Gasteiger partial charge in [0.15, 0.2) is 0 Å². The number of nitrogens with zero attached hydrogens (tertiary/aromatic N) is 1. The Hall–Kier alpha value is -1.55. The van der Waals surface area contributed by atoms with E-state index in [2.05, 4.69) is 5.32 Å². The first-order valence-corrected chi connectivity index (χ1v) is 5.76. The van der Waals surface area contributed by atoms with Crippen LogP contribution in [0.25, 0.3) is 0 Å². The van der Waals surface area contributed by atoms with E-state index >= 15 is 0 Å². The molecule has 0 saturated heterocycles. The first-order chi connectivity index (χ1) is 8.15. The number of hydrogen-bond donors (Lipinski definition) is 1. The maximum absolute atomic E-state index is 11.2. The molecule has 94 valence electrons. The fourth-order valence-corrected chi connectivity index (χ4v) is 1.55. The van der Waals surface area contributed by atoms with E-state index in [1.54, 1.807) is 7.05 Å². The minimum atomic E-state index is 0.0263. The van der Waals surface area contributed by atoms with Crippen molar-refractivity contribution in [3.05, 3.63) is 29.8 Å². The standard InChI is InChI=1S/C13H20N2O2/c1-4-17-12-7-5-11(6-8-12)9-15(3)10-13(16)14-2/h5-8H,4,9-10H2,1-3H3,(H,14,16). The second-order valence-electron chi connectivity index (χ2n) is 3.92. The zero-order valence-electron chi connectivity index (χ0n) is 10.7. The molecule has 0 bridgehead atoms. The third kappa shape index (κ3) is 4.87. The number of carbonyl (C=O) groups excluding carboxylic acids is 1. The van der Waals surface area contributed by atoms with Crippen LogP contribution in [0.4, 0.5) is 0 Å². The molecule has 1 aromatic carbocycles. The van der Waals surface area contributed by atoms with Gasteiger partial charge in [0, 0.05) is 13.6 Å². The van der Waals surface area contributed by atoms with Crippen molar-refractivity contribution in [2.75, 3.05) is 27.2 Å². The van der Waals surface area contributed by atoms with Crippen LogP contribution in [0, 0.1) is 0 Å². The first kappa shape index (κ1) is 13.5. The summed E-state index contributed by atoms with van der Waals surface area (Å²) in [6.45, 7) is 3.80. The Morgan fingerprint density at radius 2 is 2.00 bits per heavy atom. The van der Waals surface area contributed by atoms with Gasteiger partial charge in [0.05, 0.1) is 13.2 Å². The zero-order valence-corrected chi connectivity index (χ0v) is 10.7. The molecule has 4 heteroatoms. The van der Waals surface area contributed by atoms with Crippen LogP contribution < -0.4 is 10.1 Å². The van der Waals surface area contributed by atoms with Crippen LogP contribution in [-0.4, -0.2) is 38.1 Å². The average molecular weight is 236 g/mol. The maximum Gasteiger partial charge on any atom is 0.233 e. The molecule has 0 aliphatic heterocycles. The number of carbonyl (C=O) groups is 1. The van der Waals surface area contributed by atoms with E-state index in [0.29, 0.717) is 13.2 Å². The van der Waals surface area contributed by atoms with Crippen LogP contribution in [-0.2, 0) is 11.3 Å². The summed E-state index contributed by atoms with van der Waals surface area (Å²) in [5.74, 6) is 0.906. The Labute approximate surface area is 103 Å². The molecular formula is C13H20N2O2. The third-order valence-corrected chi connectivity index (χ3v) is 2.38. The SMILES string of the molecule is CCOc1ccc(CN(C)CC(=O)NC)cc1. The van der Waals surface area contributed by atoms with Crippen LogP contribution in [0.5, 0.6) is 5.75 Å². The Morgan fingerprint density at radius 1 is 1.35 bits per heavy atom. The largest absolute Gasteiger partial charge is 0.494 e. The summed E-state index contributed by atoms with van der Waals surface area (Å²) in [5.41, 5.74) is 1.17. The molecule has 0 aliphatic rings. The number of hydrogen-bond acceptors (Lipinski definition) is 3. The zero-order chi connectivity index (χ0) is 12.7. The van der Waals surface area contributed by atoms with Gasteiger partial charge in [0.25, 0.3) is 0 Å². The van der Waals surface area contributed by atoms with E-state index in [4.69, 9.17) is 4.74 Å². The highest BCUT2D eigenvalue weighted by Gasteiger charge is 2.05. The first-order valence-electron chi connectivity index (χ1n) is 5.76. The van der Waals surface area contributed by atoms with Gasteiger partial charge in [-0.25, -0.2) is 0 Å². The minimum Gasteiger partial charge on any atom is -0.494 e. The number of rotatable bonds is 6. The summed E-state index contributed by atoms with van der Waals surface area (Å²) in [4.78, 5) is 13.1. The molecule has 1 amide bonds. The lowest BCUT2D eigenvalue weighted by Gasteiger charge is -2.15. The van der Waals surface area contributed by atoms with Crippen LogP contribution >= 0.6 is 0 Å². The van der Waals surface area contributed by atoms with Gasteiger partial charge in [-0.3, -0.25) is 9.69 Å². The predicted molar refractivity (Wildman–Crippen MR) is 68.0 cm³/mol. The molecule has 0 radical (unpaired) electrons. The Balaban J connectivity index is 2.48. The van der Waals surface area contributed by atoms with Crippen molar-refractivity contribution in [2.24, 2.45) is 0 Å². The van der Waals surface area contributed by atoms with E-state index in [1.807, 2.05) is 43.1 Å². The number of benzene rings is 1. The van der Waals surface area contributed by atoms with Gasteiger partial charge in [-0.15, -0.1) is 0 Å². The van der Waals surface area contributed by atoms with E-state index < -0.39 is 0 Å².